The summed E-state index contributed by atoms with van der Waals surface area (Å²) in [5.41, 5.74) is 1.23. The van der Waals surface area contributed by atoms with E-state index in [0.717, 1.165) is 44.7 Å². The minimum atomic E-state index is -1.14. The summed E-state index contributed by atoms with van der Waals surface area (Å²) in [6.07, 6.45) is 0.807. The van der Waals surface area contributed by atoms with E-state index in [2.05, 4.69) is 4.90 Å². The van der Waals surface area contributed by atoms with Gasteiger partial charge in [-0.15, -0.1) is 0 Å². The van der Waals surface area contributed by atoms with Gasteiger partial charge in [0.15, 0.2) is 0 Å². The fraction of sp³-hybridized carbons (Fsp3) is 0.467. The molecule has 5 nitrogen and oxygen atoms in total. The van der Waals surface area contributed by atoms with Crippen LogP contribution in [0.3, 0.4) is 0 Å². The first-order valence-corrected chi connectivity index (χ1v) is 6.84. The molecule has 1 heterocycles. The van der Waals surface area contributed by atoms with Gasteiger partial charge in [0, 0.05) is 39.6 Å². The first kappa shape index (κ1) is 14.5. The third-order valence-corrected chi connectivity index (χ3v) is 3.70. The summed E-state index contributed by atoms with van der Waals surface area (Å²) in [6.45, 7) is 5.77. The zero-order valence-corrected chi connectivity index (χ0v) is 11.7. The van der Waals surface area contributed by atoms with Gasteiger partial charge in [-0.25, -0.2) is 9.90 Å². The molecule has 0 bridgehead atoms. The van der Waals surface area contributed by atoms with Gasteiger partial charge in [0.1, 0.15) is 0 Å². The third-order valence-electron chi connectivity index (χ3n) is 3.70. The average Bonchev–Trinajstić information content (AvgIpc) is 2.46. The summed E-state index contributed by atoms with van der Waals surface area (Å²) in [6, 6.07) is 6.89. The number of amides is 1. The number of hydrogen-bond donors (Lipinski definition) is 0. The van der Waals surface area contributed by atoms with Gasteiger partial charge in [-0.3, -0.25) is 9.69 Å². The fourth-order valence-electron chi connectivity index (χ4n) is 2.43. The summed E-state index contributed by atoms with van der Waals surface area (Å²) in [5.74, 6) is -1.01. The highest BCUT2D eigenvalue weighted by molar-refractivity contribution is 5.87. The fourth-order valence-corrected chi connectivity index (χ4v) is 2.43. The van der Waals surface area contributed by atoms with Crippen LogP contribution in [-0.2, 0) is 16.3 Å². The SMILES string of the molecule is CC(=O)N1CCN(CCc2cccc(C([O])=O)c2)CC1. The number of piperazine rings is 1. The molecule has 2 rings (SSSR count). The molecule has 20 heavy (non-hydrogen) atoms. The van der Waals surface area contributed by atoms with Crippen molar-refractivity contribution in [2.75, 3.05) is 32.7 Å². The predicted octanol–water partition coefficient (Wildman–Crippen LogP) is 0.964. The van der Waals surface area contributed by atoms with Crippen molar-refractivity contribution in [3.63, 3.8) is 0 Å². The highest BCUT2D eigenvalue weighted by Crippen LogP contribution is 2.09. The minimum absolute atomic E-state index is 0.131. The Bertz CT molecular complexity index is 494. The molecule has 0 unspecified atom stereocenters. The molecule has 1 aromatic rings. The van der Waals surface area contributed by atoms with Crippen molar-refractivity contribution in [3.8, 4) is 0 Å². The Hall–Kier alpha value is -1.88. The Balaban J connectivity index is 1.83. The molecule has 1 amide bonds. The van der Waals surface area contributed by atoms with Crippen LogP contribution in [-0.4, -0.2) is 54.4 Å². The summed E-state index contributed by atoms with van der Waals surface area (Å²) < 4.78 is 0. The van der Waals surface area contributed by atoms with E-state index in [-0.39, 0.29) is 11.5 Å². The lowest BCUT2D eigenvalue weighted by molar-refractivity contribution is -0.130. The average molecular weight is 275 g/mol. The lowest BCUT2D eigenvalue weighted by Gasteiger charge is -2.34. The first-order chi connectivity index (χ1) is 9.56. The molecule has 0 spiro atoms. The number of hydrogen-bond acceptors (Lipinski definition) is 3. The molecule has 0 aliphatic carbocycles. The second-order valence-electron chi connectivity index (χ2n) is 5.09. The molecule has 1 radical (unpaired) electrons. The van der Waals surface area contributed by atoms with Crippen LogP contribution in [0.2, 0.25) is 0 Å². The van der Waals surface area contributed by atoms with Crippen LogP contribution in [0.5, 0.6) is 0 Å². The summed E-state index contributed by atoms with van der Waals surface area (Å²) in [5, 5.41) is 10.8. The van der Waals surface area contributed by atoms with Crippen molar-refractivity contribution in [3.05, 3.63) is 35.4 Å². The number of benzene rings is 1. The molecule has 107 valence electrons. The quantitative estimate of drug-likeness (QED) is 0.822. The molecule has 1 aliphatic rings. The molecular formula is C15H19N2O3. The highest BCUT2D eigenvalue weighted by atomic mass is 16.4. The molecule has 0 saturated carbocycles. The van der Waals surface area contributed by atoms with Gasteiger partial charge in [-0.05, 0) is 24.1 Å². The maximum atomic E-state index is 11.2. The molecule has 0 aromatic heterocycles. The van der Waals surface area contributed by atoms with Crippen LogP contribution in [0, 0.1) is 0 Å². The van der Waals surface area contributed by atoms with Crippen LogP contribution < -0.4 is 0 Å². The predicted molar refractivity (Wildman–Crippen MR) is 73.9 cm³/mol. The van der Waals surface area contributed by atoms with Crippen molar-refractivity contribution in [1.29, 1.82) is 0 Å². The van der Waals surface area contributed by atoms with Crippen molar-refractivity contribution >= 4 is 11.9 Å². The molecule has 1 saturated heterocycles. The minimum Gasteiger partial charge on any atom is -0.340 e. The summed E-state index contributed by atoms with van der Waals surface area (Å²) in [4.78, 5) is 26.2. The maximum Gasteiger partial charge on any atom is 0.386 e. The van der Waals surface area contributed by atoms with Crippen LogP contribution in [0.1, 0.15) is 22.8 Å². The number of rotatable bonds is 4. The van der Waals surface area contributed by atoms with Crippen LogP contribution in [0.4, 0.5) is 0 Å². The number of carbonyl (C=O) groups excluding carboxylic acids is 2. The number of nitrogens with zero attached hydrogens (tertiary/aromatic N) is 2. The smallest absolute Gasteiger partial charge is 0.340 e. The van der Waals surface area contributed by atoms with Gasteiger partial charge in [-0.1, -0.05) is 12.1 Å². The van der Waals surface area contributed by atoms with E-state index in [9.17, 15) is 14.7 Å². The molecule has 1 aliphatic heterocycles. The Labute approximate surface area is 118 Å². The van der Waals surface area contributed by atoms with E-state index < -0.39 is 5.97 Å². The second-order valence-corrected chi connectivity index (χ2v) is 5.09. The van der Waals surface area contributed by atoms with Crippen molar-refractivity contribution in [2.24, 2.45) is 0 Å². The Morgan fingerprint density at radius 1 is 1.15 bits per heavy atom. The molecular weight excluding hydrogens is 256 g/mol. The van der Waals surface area contributed by atoms with E-state index >= 15 is 0 Å². The molecule has 1 aromatic carbocycles. The van der Waals surface area contributed by atoms with Gasteiger partial charge < -0.3 is 4.90 Å². The first-order valence-electron chi connectivity index (χ1n) is 6.84. The third kappa shape index (κ3) is 3.81. The summed E-state index contributed by atoms with van der Waals surface area (Å²) in [7, 11) is 0. The van der Waals surface area contributed by atoms with Crippen LogP contribution in [0.15, 0.2) is 24.3 Å². The van der Waals surface area contributed by atoms with Crippen molar-refractivity contribution < 1.29 is 14.7 Å². The molecule has 0 N–H and O–H groups in total. The number of carbonyl (C=O) groups is 2. The van der Waals surface area contributed by atoms with Crippen molar-refractivity contribution in [2.45, 2.75) is 13.3 Å². The van der Waals surface area contributed by atoms with E-state index in [1.54, 1.807) is 25.1 Å². The topological polar surface area (TPSA) is 60.5 Å². The van der Waals surface area contributed by atoms with Crippen LogP contribution in [0.25, 0.3) is 0 Å². The van der Waals surface area contributed by atoms with E-state index in [1.165, 1.54) is 0 Å². The standard InChI is InChI=1S/C15H19N2O3/c1-12(18)17-9-7-16(8-10-17)6-5-13-3-2-4-14(11-13)15(19)20/h2-4,11H,5-10H2,1H3. The van der Waals surface area contributed by atoms with Gasteiger partial charge in [0.2, 0.25) is 5.91 Å². The Morgan fingerprint density at radius 2 is 1.85 bits per heavy atom. The van der Waals surface area contributed by atoms with E-state index in [1.807, 2.05) is 11.0 Å². The van der Waals surface area contributed by atoms with Gasteiger partial charge in [0.05, 0.1) is 5.56 Å². The zero-order valence-electron chi connectivity index (χ0n) is 11.7. The Morgan fingerprint density at radius 3 is 2.45 bits per heavy atom. The largest absolute Gasteiger partial charge is 0.386 e. The normalized spacial score (nSPS) is 16.1. The maximum absolute atomic E-state index is 11.2. The lowest BCUT2D eigenvalue weighted by Crippen LogP contribution is -2.48. The lowest BCUT2D eigenvalue weighted by atomic mass is 10.1. The van der Waals surface area contributed by atoms with Gasteiger partial charge in [0.25, 0.3) is 0 Å². The second kappa shape index (κ2) is 6.52. The van der Waals surface area contributed by atoms with Gasteiger partial charge >= 0.3 is 5.97 Å². The zero-order chi connectivity index (χ0) is 14.5. The Kier molecular flexibility index (Phi) is 4.74. The molecule has 5 heteroatoms. The van der Waals surface area contributed by atoms with Gasteiger partial charge in [-0.2, -0.15) is 0 Å². The molecule has 0 atom stereocenters. The van der Waals surface area contributed by atoms with E-state index in [4.69, 9.17) is 0 Å². The monoisotopic (exact) mass is 275 g/mol. The molecule has 1 fully saturated rings. The van der Waals surface area contributed by atoms with E-state index in [0.29, 0.717) is 0 Å². The summed E-state index contributed by atoms with van der Waals surface area (Å²) >= 11 is 0. The van der Waals surface area contributed by atoms with Crippen molar-refractivity contribution in [1.82, 2.24) is 9.80 Å². The van der Waals surface area contributed by atoms with Crippen LogP contribution >= 0.6 is 0 Å². The highest BCUT2D eigenvalue weighted by Gasteiger charge is 2.18.